The molecule has 0 aliphatic carbocycles. The SMILES string of the molecule is C/C=C/B1Oc2c(I)cccc2-c2cccc(I)c2O1. The second kappa shape index (κ2) is 5.97. The molecule has 0 unspecified atom stereocenters. The van der Waals surface area contributed by atoms with Crippen LogP contribution >= 0.6 is 45.2 Å². The summed E-state index contributed by atoms with van der Waals surface area (Å²) >= 11 is 4.60. The van der Waals surface area contributed by atoms with Crippen LogP contribution in [0.4, 0.5) is 0 Å². The van der Waals surface area contributed by atoms with Crippen molar-refractivity contribution in [2.75, 3.05) is 0 Å². The van der Waals surface area contributed by atoms with Gasteiger partial charge in [0.2, 0.25) is 0 Å². The van der Waals surface area contributed by atoms with Gasteiger partial charge in [0.15, 0.2) is 0 Å². The van der Waals surface area contributed by atoms with Crippen LogP contribution in [0.2, 0.25) is 0 Å². The monoisotopic (exact) mass is 488 g/mol. The minimum atomic E-state index is -0.396. The number of para-hydroxylation sites is 2. The first-order valence-electron chi connectivity index (χ1n) is 6.24. The van der Waals surface area contributed by atoms with Crippen molar-refractivity contribution in [3.8, 4) is 22.6 Å². The predicted molar refractivity (Wildman–Crippen MR) is 99.1 cm³/mol. The fourth-order valence-electron chi connectivity index (χ4n) is 2.17. The van der Waals surface area contributed by atoms with Crippen molar-refractivity contribution < 1.29 is 9.31 Å². The van der Waals surface area contributed by atoms with E-state index >= 15 is 0 Å². The van der Waals surface area contributed by atoms with E-state index in [1.165, 1.54) is 0 Å². The summed E-state index contributed by atoms with van der Waals surface area (Å²) in [5, 5.41) is 0. The average Bonchev–Trinajstić information content (AvgIpc) is 2.59. The summed E-state index contributed by atoms with van der Waals surface area (Å²) in [6, 6.07) is 12.3. The molecule has 0 radical (unpaired) electrons. The lowest BCUT2D eigenvalue weighted by Gasteiger charge is -2.12. The Bertz CT molecular complexity index is 632. The first kappa shape index (κ1) is 14.3. The van der Waals surface area contributed by atoms with E-state index in [-0.39, 0.29) is 0 Å². The van der Waals surface area contributed by atoms with Crippen molar-refractivity contribution in [2.24, 2.45) is 0 Å². The number of allylic oxidation sites excluding steroid dienone is 1. The normalized spacial score (nSPS) is 13.2. The van der Waals surface area contributed by atoms with E-state index in [4.69, 9.17) is 9.31 Å². The molecule has 100 valence electrons. The largest absolute Gasteiger partial charge is 0.624 e. The van der Waals surface area contributed by atoms with Gasteiger partial charge < -0.3 is 9.31 Å². The smallest absolute Gasteiger partial charge is 0.521 e. The van der Waals surface area contributed by atoms with Crippen molar-refractivity contribution in [2.45, 2.75) is 6.92 Å². The van der Waals surface area contributed by atoms with Crippen LogP contribution in [0.3, 0.4) is 0 Å². The summed E-state index contributed by atoms with van der Waals surface area (Å²) in [4.78, 5) is 0. The minimum absolute atomic E-state index is 0.396. The highest BCUT2D eigenvalue weighted by Gasteiger charge is 2.29. The van der Waals surface area contributed by atoms with Crippen LogP contribution in [0.15, 0.2) is 48.4 Å². The van der Waals surface area contributed by atoms with Crippen LogP contribution in [0.5, 0.6) is 11.5 Å². The molecular weight excluding hydrogens is 477 g/mol. The van der Waals surface area contributed by atoms with Crippen molar-refractivity contribution in [3.05, 3.63) is 55.6 Å². The molecule has 0 atom stereocenters. The first-order chi connectivity index (χ1) is 9.70. The van der Waals surface area contributed by atoms with E-state index in [9.17, 15) is 0 Å². The molecule has 2 nitrogen and oxygen atoms in total. The van der Waals surface area contributed by atoms with Gasteiger partial charge in [-0.3, -0.25) is 0 Å². The van der Waals surface area contributed by atoms with Gasteiger partial charge in [-0.2, -0.15) is 0 Å². The number of hydrogen-bond donors (Lipinski definition) is 0. The molecule has 1 heterocycles. The molecule has 5 heteroatoms. The standard InChI is InChI=1S/C15H11BI2O2/c1-2-9-16-19-14-10(5-3-7-12(14)17)11-6-4-8-13(18)15(11)20-16/h2-9H,1H3/b9-2+. The Morgan fingerprint density at radius 3 is 1.85 bits per heavy atom. The topological polar surface area (TPSA) is 18.5 Å². The van der Waals surface area contributed by atoms with Crippen LogP contribution in [-0.2, 0) is 0 Å². The van der Waals surface area contributed by atoms with Crippen molar-refractivity contribution in [1.82, 2.24) is 0 Å². The van der Waals surface area contributed by atoms with Gasteiger partial charge in [-0.05, 0) is 70.2 Å². The zero-order valence-electron chi connectivity index (χ0n) is 10.8. The van der Waals surface area contributed by atoms with E-state index in [0.717, 1.165) is 29.8 Å². The predicted octanol–water partition coefficient (Wildman–Crippen LogP) is 4.94. The Labute approximate surface area is 146 Å². The van der Waals surface area contributed by atoms with Crippen LogP contribution < -0.4 is 9.31 Å². The molecule has 20 heavy (non-hydrogen) atoms. The van der Waals surface area contributed by atoms with Gasteiger partial charge in [0.25, 0.3) is 0 Å². The lowest BCUT2D eigenvalue weighted by Crippen LogP contribution is -2.27. The van der Waals surface area contributed by atoms with Crippen LogP contribution in [0.25, 0.3) is 11.1 Å². The Morgan fingerprint density at radius 1 is 0.900 bits per heavy atom. The quantitative estimate of drug-likeness (QED) is 0.419. The third-order valence-electron chi connectivity index (χ3n) is 3.04. The highest BCUT2D eigenvalue weighted by molar-refractivity contribution is 14.1. The Morgan fingerprint density at radius 2 is 1.40 bits per heavy atom. The fourth-order valence-corrected chi connectivity index (χ4v) is 3.42. The first-order valence-corrected chi connectivity index (χ1v) is 8.40. The summed E-state index contributed by atoms with van der Waals surface area (Å²) in [5.41, 5.74) is 2.16. The highest BCUT2D eigenvalue weighted by Crippen LogP contribution is 2.43. The zero-order chi connectivity index (χ0) is 14.1. The Hall–Kier alpha value is -0.695. The lowest BCUT2D eigenvalue weighted by molar-refractivity contribution is 0.443. The lowest BCUT2D eigenvalue weighted by atomic mass is 9.89. The molecule has 0 N–H and O–H groups in total. The zero-order valence-corrected chi connectivity index (χ0v) is 15.1. The maximum Gasteiger partial charge on any atom is 0.624 e. The summed E-state index contributed by atoms with van der Waals surface area (Å²) in [5.74, 6) is 3.69. The maximum absolute atomic E-state index is 6.05. The minimum Gasteiger partial charge on any atom is -0.521 e. The van der Waals surface area contributed by atoms with Crippen molar-refractivity contribution in [1.29, 1.82) is 0 Å². The van der Waals surface area contributed by atoms with Crippen molar-refractivity contribution >= 4 is 52.3 Å². The van der Waals surface area contributed by atoms with Gasteiger partial charge in [-0.25, -0.2) is 0 Å². The van der Waals surface area contributed by atoms with Crippen LogP contribution in [0, 0.1) is 7.14 Å². The van der Waals surface area contributed by atoms with Crippen LogP contribution in [-0.4, -0.2) is 7.12 Å². The van der Waals surface area contributed by atoms with Crippen molar-refractivity contribution in [3.63, 3.8) is 0 Å². The molecule has 2 aromatic rings. The van der Waals surface area contributed by atoms with Gasteiger partial charge in [0, 0.05) is 11.1 Å². The third-order valence-corrected chi connectivity index (χ3v) is 4.74. The van der Waals surface area contributed by atoms with Gasteiger partial charge in [-0.1, -0.05) is 30.3 Å². The number of hydrogen-bond acceptors (Lipinski definition) is 2. The average molecular weight is 488 g/mol. The molecule has 3 rings (SSSR count). The molecule has 1 aliphatic heterocycles. The summed E-state index contributed by atoms with van der Waals surface area (Å²) in [6.45, 7) is 1.96. The molecule has 0 bridgehead atoms. The molecule has 0 aromatic heterocycles. The van der Waals surface area contributed by atoms with E-state index in [0.29, 0.717) is 0 Å². The number of fused-ring (bicyclic) bond motifs is 3. The number of benzene rings is 2. The molecule has 2 aromatic carbocycles. The van der Waals surface area contributed by atoms with Gasteiger partial charge >= 0.3 is 7.12 Å². The fraction of sp³-hybridized carbons (Fsp3) is 0.0667. The maximum atomic E-state index is 6.05. The van der Waals surface area contributed by atoms with Gasteiger partial charge in [-0.15, -0.1) is 0 Å². The molecule has 0 spiro atoms. The summed E-state index contributed by atoms with van der Waals surface area (Å²) < 4.78 is 14.3. The molecule has 0 saturated heterocycles. The second-order valence-electron chi connectivity index (χ2n) is 4.36. The summed E-state index contributed by atoms with van der Waals surface area (Å²) in [6.07, 6.45) is 1.95. The molecule has 0 saturated carbocycles. The second-order valence-corrected chi connectivity index (χ2v) is 6.69. The van der Waals surface area contributed by atoms with E-state index in [1.54, 1.807) is 0 Å². The van der Waals surface area contributed by atoms with Crippen LogP contribution in [0.1, 0.15) is 6.92 Å². The highest BCUT2D eigenvalue weighted by atomic mass is 127. The Balaban J connectivity index is 2.27. The number of halogens is 2. The Kier molecular flexibility index (Phi) is 4.25. The third kappa shape index (κ3) is 2.57. The molecule has 0 amide bonds. The van der Waals surface area contributed by atoms with Gasteiger partial charge in [0.1, 0.15) is 11.5 Å². The van der Waals surface area contributed by atoms with Gasteiger partial charge in [0.05, 0.1) is 7.14 Å². The summed E-state index contributed by atoms with van der Waals surface area (Å²) in [7, 11) is -0.396. The number of rotatable bonds is 1. The molecule has 1 aliphatic rings. The molecule has 0 fully saturated rings. The van der Waals surface area contributed by atoms with E-state index < -0.39 is 7.12 Å². The van der Waals surface area contributed by atoms with E-state index in [1.807, 2.05) is 43.2 Å². The van der Waals surface area contributed by atoms with E-state index in [2.05, 4.69) is 57.3 Å². The molecular formula is C15H11BI2O2.